The molecule has 6 nitrogen and oxygen atoms in total. The van der Waals surface area contributed by atoms with Crippen LogP contribution < -0.4 is 10.2 Å². The van der Waals surface area contributed by atoms with Crippen molar-refractivity contribution in [2.45, 2.75) is 13.8 Å². The number of carbonyl (C=O) groups excluding carboxylic acids is 1. The molecule has 0 aliphatic rings. The maximum atomic E-state index is 11.9. The van der Waals surface area contributed by atoms with Gasteiger partial charge in [-0.05, 0) is 42.5 Å². The molecule has 0 unspecified atom stereocenters. The van der Waals surface area contributed by atoms with Crippen molar-refractivity contribution in [3.63, 3.8) is 0 Å². The Labute approximate surface area is 149 Å². The van der Waals surface area contributed by atoms with Gasteiger partial charge in [-0.25, -0.2) is 5.43 Å². The summed E-state index contributed by atoms with van der Waals surface area (Å²) in [5, 5.41) is 12.9. The van der Waals surface area contributed by atoms with Gasteiger partial charge in [0.1, 0.15) is 5.75 Å². The minimum atomic E-state index is -0.321. The van der Waals surface area contributed by atoms with Gasteiger partial charge >= 0.3 is 0 Å². The zero-order chi connectivity index (χ0) is 17.6. The second kappa shape index (κ2) is 7.76. The molecule has 0 aliphatic carbocycles. The van der Waals surface area contributed by atoms with Gasteiger partial charge in [0.05, 0.1) is 23.0 Å². The number of nitrogens with one attached hydrogen (secondary N) is 2. The van der Waals surface area contributed by atoms with Crippen molar-refractivity contribution in [2.24, 2.45) is 5.10 Å². The molecule has 0 saturated carbocycles. The first-order chi connectivity index (χ1) is 12.1. The second-order valence-corrected chi connectivity index (χ2v) is 6.48. The van der Waals surface area contributed by atoms with Crippen LogP contribution in [-0.2, 0) is 4.79 Å². The lowest BCUT2D eigenvalue weighted by Gasteiger charge is -2.08. The predicted molar refractivity (Wildman–Crippen MR) is 99.0 cm³/mol. The van der Waals surface area contributed by atoms with Gasteiger partial charge in [0.2, 0.25) is 0 Å². The summed E-state index contributed by atoms with van der Waals surface area (Å²) in [7, 11) is 0. The van der Waals surface area contributed by atoms with Crippen LogP contribution in [0.4, 0.5) is 0 Å². The van der Waals surface area contributed by atoms with Gasteiger partial charge in [-0.15, -0.1) is 11.3 Å². The number of ether oxygens (including phenoxy) is 1. The van der Waals surface area contributed by atoms with Crippen LogP contribution in [0.3, 0.4) is 0 Å². The smallest absolute Gasteiger partial charge is 0.277 e. The number of rotatable bonds is 6. The lowest BCUT2D eigenvalue weighted by atomic mass is 10.1. The highest BCUT2D eigenvalue weighted by Crippen LogP contribution is 2.24. The molecule has 7 heteroatoms. The van der Waals surface area contributed by atoms with Crippen molar-refractivity contribution in [1.29, 1.82) is 0 Å². The molecule has 3 rings (SSSR count). The summed E-state index contributed by atoms with van der Waals surface area (Å²) in [5.41, 5.74) is 6.21. The van der Waals surface area contributed by atoms with E-state index in [1.165, 1.54) is 0 Å². The molecule has 2 heterocycles. The molecule has 0 saturated heterocycles. The van der Waals surface area contributed by atoms with Crippen molar-refractivity contribution in [1.82, 2.24) is 15.6 Å². The molecule has 0 bridgehead atoms. The summed E-state index contributed by atoms with van der Waals surface area (Å²) in [6.07, 6.45) is 3.23. The fraction of sp³-hybridized carbons (Fsp3) is 0.167. The molecule has 0 radical (unpaired) electrons. The number of benzene rings is 1. The number of hydrazone groups is 1. The van der Waals surface area contributed by atoms with Crippen LogP contribution in [0.1, 0.15) is 16.7 Å². The van der Waals surface area contributed by atoms with E-state index in [4.69, 9.17) is 4.74 Å². The van der Waals surface area contributed by atoms with E-state index < -0.39 is 0 Å². The van der Waals surface area contributed by atoms with Gasteiger partial charge in [0.15, 0.2) is 6.61 Å². The van der Waals surface area contributed by atoms with Crippen LogP contribution in [0.5, 0.6) is 5.75 Å². The number of aryl methyl sites for hydroxylation is 2. The molecule has 3 aromatic rings. The van der Waals surface area contributed by atoms with Crippen LogP contribution in [0.2, 0.25) is 0 Å². The lowest BCUT2D eigenvalue weighted by Crippen LogP contribution is -2.24. The summed E-state index contributed by atoms with van der Waals surface area (Å²) in [6, 6.07) is 9.83. The molecule has 1 aromatic carbocycles. The zero-order valence-electron chi connectivity index (χ0n) is 13.9. The molecular formula is C18H18N4O2S. The molecule has 2 N–H and O–H groups in total. The molecule has 0 aliphatic heterocycles. The molecule has 128 valence electrons. The van der Waals surface area contributed by atoms with E-state index in [0.29, 0.717) is 5.75 Å². The fourth-order valence-electron chi connectivity index (χ4n) is 2.22. The maximum Gasteiger partial charge on any atom is 0.277 e. The summed E-state index contributed by atoms with van der Waals surface area (Å²) >= 11 is 1.60. The predicted octanol–water partition coefficient (Wildman–Crippen LogP) is 3.28. The van der Waals surface area contributed by atoms with E-state index in [0.717, 1.165) is 27.3 Å². The summed E-state index contributed by atoms with van der Waals surface area (Å²) in [4.78, 5) is 12.9. The number of carbonyl (C=O) groups is 1. The SMILES string of the molecule is Cc1ccc(C)c(OCC(=O)N/N=C/c2cn[nH]c2-c2cccs2)c1. The van der Waals surface area contributed by atoms with Crippen molar-refractivity contribution < 1.29 is 9.53 Å². The topological polar surface area (TPSA) is 79.4 Å². The standard InChI is InChI=1S/C18H18N4O2S/c1-12-5-6-13(2)15(8-12)24-11-17(23)21-19-9-14-10-20-22-18(14)16-4-3-7-25-16/h3-10H,11H2,1-2H3,(H,20,22)(H,21,23)/b19-9+. The van der Waals surface area contributed by atoms with Crippen LogP contribution in [0, 0.1) is 13.8 Å². The first kappa shape index (κ1) is 16.9. The van der Waals surface area contributed by atoms with E-state index in [1.54, 1.807) is 23.7 Å². The summed E-state index contributed by atoms with van der Waals surface area (Å²) < 4.78 is 5.55. The molecular weight excluding hydrogens is 336 g/mol. The fourth-order valence-corrected chi connectivity index (χ4v) is 2.97. The first-order valence-corrected chi connectivity index (χ1v) is 8.60. The van der Waals surface area contributed by atoms with Crippen LogP contribution >= 0.6 is 11.3 Å². The average Bonchev–Trinajstić information content (AvgIpc) is 3.26. The number of hydrogen-bond donors (Lipinski definition) is 2. The third-order valence-electron chi connectivity index (χ3n) is 3.53. The Kier molecular flexibility index (Phi) is 5.25. The third kappa shape index (κ3) is 4.33. The molecule has 0 spiro atoms. The Bertz CT molecular complexity index is 884. The van der Waals surface area contributed by atoms with Crippen LogP contribution in [0.15, 0.2) is 47.0 Å². The van der Waals surface area contributed by atoms with Crippen LogP contribution in [-0.4, -0.2) is 28.9 Å². The van der Waals surface area contributed by atoms with E-state index in [-0.39, 0.29) is 12.5 Å². The Balaban J connectivity index is 1.55. The van der Waals surface area contributed by atoms with Gasteiger partial charge in [0, 0.05) is 5.56 Å². The van der Waals surface area contributed by atoms with E-state index in [2.05, 4.69) is 20.7 Å². The number of aromatic amines is 1. The van der Waals surface area contributed by atoms with Gasteiger partial charge in [-0.2, -0.15) is 10.2 Å². The normalized spacial score (nSPS) is 11.0. The number of H-pyrrole nitrogens is 1. The largest absolute Gasteiger partial charge is 0.483 e. The van der Waals surface area contributed by atoms with Gasteiger partial charge in [0.25, 0.3) is 5.91 Å². The maximum absolute atomic E-state index is 11.9. The first-order valence-electron chi connectivity index (χ1n) is 7.72. The van der Waals surface area contributed by atoms with E-state index in [1.807, 2.05) is 49.6 Å². The molecule has 1 amide bonds. The molecule has 0 fully saturated rings. The zero-order valence-corrected chi connectivity index (χ0v) is 14.8. The van der Waals surface area contributed by atoms with Crippen molar-refractivity contribution in [2.75, 3.05) is 6.61 Å². The highest BCUT2D eigenvalue weighted by Gasteiger charge is 2.07. The van der Waals surface area contributed by atoms with Crippen molar-refractivity contribution >= 4 is 23.5 Å². The molecule has 2 aromatic heterocycles. The highest BCUT2D eigenvalue weighted by molar-refractivity contribution is 7.13. The number of hydrogen-bond acceptors (Lipinski definition) is 5. The van der Waals surface area contributed by atoms with Crippen LogP contribution in [0.25, 0.3) is 10.6 Å². The minimum absolute atomic E-state index is 0.0925. The summed E-state index contributed by atoms with van der Waals surface area (Å²) in [6.45, 7) is 3.83. The summed E-state index contributed by atoms with van der Waals surface area (Å²) in [5.74, 6) is 0.382. The van der Waals surface area contributed by atoms with Crippen molar-refractivity contribution in [3.05, 3.63) is 58.6 Å². The lowest BCUT2D eigenvalue weighted by molar-refractivity contribution is -0.123. The number of amides is 1. The second-order valence-electron chi connectivity index (χ2n) is 5.53. The van der Waals surface area contributed by atoms with E-state index in [9.17, 15) is 4.79 Å². The monoisotopic (exact) mass is 354 g/mol. The van der Waals surface area contributed by atoms with E-state index >= 15 is 0 Å². The van der Waals surface area contributed by atoms with Gasteiger partial charge in [-0.3, -0.25) is 9.89 Å². The molecule has 25 heavy (non-hydrogen) atoms. The third-order valence-corrected chi connectivity index (χ3v) is 4.42. The molecule has 0 atom stereocenters. The van der Waals surface area contributed by atoms with Gasteiger partial charge < -0.3 is 4.74 Å². The average molecular weight is 354 g/mol. The Morgan fingerprint density at radius 1 is 1.40 bits per heavy atom. The number of thiophene rings is 1. The Morgan fingerprint density at radius 3 is 3.08 bits per heavy atom. The van der Waals surface area contributed by atoms with Crippen molar-refractivity contribution in [3.8, 4) is 16.3 Å². The minimum Gasteiger partial charge on any atom is -0.483 e. The number of nitrogens with zero attached hydrogens (tertiary/aromatic N) is 2. The van der Waals surface area contributed by atoms with Gasteiger partial charge in [-0.1, -0.05) is 18.2 Å². The quantitative estimate of drug-likeness (QED) is 0.527. The number of aromatic nitrogens is 2. The highest BCUT2D eigenvalue weighted by atomic mass is 32.1. The Morgan fingerprint density at radius 2 is 2.28 bits per heavy atom. The Hall–Kier alpha value is -2.93.